The quantitative estimate of drug-likeness (QED) is 0.855. The van der Waals surface area contributed by atoms with E-state index < -0.39 is 0 Å². The fourth-order valence-corrected chi connectivity index (χ4v) is 3.89. The molecule has 3 nitrogen and oxygen atoms in total. The molecule has 2 N–H and O–H groups in total. The average molecular weight is 238 g/mol. The summed E-state index contributed by atoms with van der Waals surface area (Å²) in [6.07, 6.45) is 4.67. The zero-order valence-electron chi connectivity index (χ0n) is 9.66. The zero-order valence-corrected chi connectivity index (χ0v) is 10.5. The van der Waals surface area contributed by atoms with Gasteiger partial charge in [-0.2, -0.15) is 0 Å². The SMILES string of the molecule is CC(N)(c1nc2c(s1)CCC2)C1CCOC1. The highest BCUT2D eigenvalue weighted by atomic mass is 32.1. The van der Waals surface area contributed by atoms with Crippen molar-refractivity contribution < 1.29 is 4.74 Å². The third-order valence-corrected chi connectivity index (χ3v) is 5.24. The van der Waals surface area contributed by atoms with E-state index in [0.29, 0.717) is 5.92 Å². The van der Waals surface area contributed by atoms with Crippen molar-refractivity contribution in [3.63, 3.8) is 0 Å². The molecule has 2 atom stereocenters. The lowest BCUT2D eigenvalue weighted by Gasteiger charge is -2.28. The average Bonchev–Trinajstić information content (AvgIpc) is 2.94. The van der Waals surface area contributed by atoms with E-state index in [1.54, 1.807) is 0 Å². The van der Waals surface area contributed by atoms with Crippen LogP contribution in [0.4, 0.5) is 0 Å². The van der Waals surface area contributed by atoms with E-state index in [-0.39, 0.29) is 5.54 Å². The molecule has 16 heavy (non-hydrogen) atoms. The lowest BCUT2D eigenvalue weighted by molar-refractivity contribution is 0.166. The number of nitrogens with two attached hydrogens (primary N) is 1. The van der Waals surface area contributed by atoms with Crippen molar-refractivity contribution >= 4 is 11.3 Å². The minimum absolute atomic E-state index is 0.300. The standard InChI is InChI=1S/C12H18N2OS/c1-12(13,8-5-6-15-7-8)11-14-9-3-2-4-10(9)16-11/h8H,2-7,13H2,1H3. The van der Waals surface area contributed by atoms with Crippen LogP contribution in [0.2, 0.25) is 0 Å². The number of hydrogen-bond donors (Lipinski definition) is 1. The van der Waals surface area contributed by atoms with Gasteiger partial charge in [-0.25, -0.2) is 4.98 Å². The molecule has 0 amide bonds. The highest BCUT2D eigenvalue weighted by Crippen LogP contribution is 2.38. The van der Waals surface area contributed by atoms with Gasteiger partial charge >= 0.3 is 0 Å². The molecule has 2 aliphatic rings. The van der Waals surface area contributed by atoms with Gasteiger partial charge in [-0.05, 0) is 32.6 Å². The second kappa shape index (κ2) is 3.79. The summed E-state index contributed by atoms with van der Waals surface area (Å²) >= 11 is 1.82. The third-order valence-electron chi connectivity index (χ3n) is 3.83. The van der Waals surface area contributed by atoms with Crippen LogP contribution in [0.25, 0.3) is 0 Å². The van der Waals surface area contributed by atoms with E-state index in [0.717, 1.165) is 31.1 Å². The predicted molar refractivity (Wildman–Crippen MR) is 64.6 cm³/mol. The Kier molecular flexibility index (Phi) is 2.53. The molecule has 2 unspecified atom stereocenters. The maximum absolute atomic E-state index is 6.47. The normalized spacial score (nSPS) is 28.0. The van der Waals surface area contributed by atoms with E-state index in [1.165, 1.54) is 23.4 Å². The number of rotatable bonds is 2. The fraction of sp³-hybridized carbons (Fsp3) is 0.750. The summed E-state index contributed by atoms with van der Waals surface area (Å²) < 4.78 is 5.44. The highest BCUT2D eigenvalue weighted by molar-refractivity contribution is 7.12. The second-order valence-corrected chi connectivity index (χ2v) is 6.17. The van der Waals surface area contributed by atoms with Crippen molar-refractivity contribution in [2.24, 2.45) is 11.7 Å². The van der Waals surface area contributed by atoms with Crippen molar-refractivity contribution in [2.75, 3.05) is 13.2 Å². The van der Waals surface area contributed by atoms with Crippen molar-refractivity contribution in [2.45, 2.75) is 38.1 Å². The molecule has 1 aliphatic heterocycles. The molecule has 88 valence electrons. The van der Waals surface area contributed by atoms with Crippen LogP contribution >= 0.6 is 11.3 Å². The van der Waals surface area contributed by atoms with E-state index in [9.17, 15) is 0 Å². The van der Waals surface area contributed by atoms with Gasteiger partial charge < -0.3 is 10.5 Å². The van der Waals surface area contributed by atoms with Crippen LogP contribution in [0.15, 0.2) is 0 Å². The summed E-state index contributed by atoms with van der Waals surface area (Å²) in [5.41, 5.74) is 7.47. The smallest absolute Gasteiger partial charge is 0.113 e. The lowest BCUT2D eigenvalue weighted by atomic mass is 9.86. The van der Waals surface area contributed by atoms with Gasteiger partial charge in [0, 0.05) is 17.4 Å². The first-order chi connectivity index (χ1) is 7.68. The van der Waals surface area contributed by atoms with Gasteiger partial charge in [0.2, 0.25) is 0 Å². The summed E-state index contributed by atoms with van der Waals surface area (Å²) in [6.45, 7) is 3.75. The number of aromatic nitrogens is 1. The lowest BCUT2D eigenvalue weighted by Crippen LogP contribution is -2.41. The molecule has 4 heteroatoms. The molecule has 1 saturated heterocycles. The predicted octanol–water partition coefficient (Wildman–Crippen LogP) is 1.84. The van der Waals surface area contributed by atoms with Crippen LogP contribution in [0, 0.1) is 5.92 Å². The minimum atomic E-state index is -0.300. The molecule has 2 heterocycles. The van der Waals surface area contributed by atoms with Gasteiger partial charge in [0.15, 0.2) is 0 Å². The monoisotopic (exact) mass is 238 g/mol. The summed E-state index contributed by atoms with van der Waals surface area (Å²) in [5, 5.41) is 1.12. The van der Waals surface area contributed by atoms with Crippen LogP contribution in [0.5, 0.6) is 0 Å². The summed E-state index contributed by atoms with van der Waals surface area (Å²) in [5.74, 6) is 0.429. The molecule has 0 aromatic carbocycles. The summed E-state index contributed by atoms with van der Waals surface area (Å²) in [4.78, 5) is 6.21. The molecule has 3 rings (SSSR count). The largest absolute Gasteiger partial charge is 0.381 e. The van der Waals surface area contributed by atoms with Crippen molar-refractivity contribution in [1.82, 2.24) is 4.98 Å². The molecule has 1 fully saturated rings. The molecule has 0 radical (unpaired) electrons. The van der Waals surface area contributed by atoms with Gasteiger partial charge in [-0.3, -0.25) is 0 Å². The topological polar surface area (TPSA) is 48.1 Å². The number of nitrogens with zero attached hydrogens (tertiary/aromatic N) is 1. The molecule has 0 saturated carbocycles. The van der Waals surface area contributed by atoms with Crippen LogP contribution in [0.1, 0.15) is 35.3 Å². The Morgan fingerprint density at radius 2 is 2.38 bits per heavy atom. The van der Waals surface area contributed by atoms with E-state index in [1.807, 2.05) is 11.3 Å². The Hall–Kier alpha value is -0.450. The van der Waals surface area contributed by atoms with Gasteiger partial charge in [0.25, 0.3) is 0 Å². The van der Waals surface area contributed by atoms with Crippen LogP contribution in [-0.4, -0.2) is 18.2 Å². The van der Waals surface area contributed by atoms with Crippen molar-refractivity contribution in [1.29, 1.82) is 0 Å². The van der Waals surface area contributed by atoms with Crippen molar-refractivity contribution in [3.8, 4) is 0 Å². The van der Waals surface area contributed by atoms with Crippen LogP contribution in [-0.2, 0) is 23.1 Å². The molecule has 1 aromatic rings. The molecule has 1 aliphatic carbocycles. The number of thiazole rings is 1. The van der Waals surface area contributed by atoms with Crippen LogP contribution in [0.3, 0.4) is 0 Å². The first-order valence-corrected chi connectivity index (χ1v) is 6.85. The minimum Gasteiger partial charge on any atom is -0.381 e. The van der Waals surface area contributed by atoms with E-state index >= 15 is 0 Å². The number of ether oxygens (including phenoxy) is 1. The third kappa shape index (κ3) is 1.60. The Bertz CT molecular complexity index is 372. The molecular weight excluding hydrogens is 220 g/mol. The molecule has 0 spiro atoms. The fourth-order valence-electron chi connectivity index (χ4n) is 2.60. The second-order valence-electron chi connectivity index (χ2n) is 5.09. The summed E-state index contributed by atoms with van der Waals surface area (Å²) in [6, 6.07) is 0. The van der Waals surface area contributed by atoms with Crippen molar-refractivity contribution in [3.05, 3.63) is 15.6 Å². The number of hydrogen-bond acceptors (Lipinski definition) is 4. The van der Waals surface area contributed by atoms with Gasteiger partial charge in [-0.1, -0.05) is 0 Å². The molecule has 0 bridgehead atoms. The van der Waals surface area contributed by atoms with Gasteiger partial charge in [-0.15, -0.1) is 11.3 Å². The number of aryl methyl sites for hydroxylation is 2. The molecular formula is C12H18N2OS. The van der Waals surface area contributed by atoms with E-state index in [2.05, 4.69) is 6.92 Å². The van der Waals surface area contributed by atoms with Gasteiger partial charge in [0.05, 0.1) is 17.8 Å². The highest BCUT2D eigenvalue weighted by Gasteiger charge is 2.38. The Morgan fingerprint density at radius 1 is 1.50 bits per heavy atom. The Balaban J connectivity index is 1.89. The summed E-state index contributed by atoms with van der Waals surface area (Å²) in [7, 11) is 0. The maximum atomic E-state index is 6.47. The van der Waals surface area contributed by atoms with Crippen LogP contribution < -0.4 is 5.73 Å². The number of fused-ring (bicyclic) bond motifs is 1. The van der Waals surface area contributed by atoms with Gasteiger partial charge in [0.1, 0.15) is 5.01 Å². The van der Waals surface area contributed by atoms with E-state index in [4.69, 9.17) is 15.5 Å². The Labute approximate surface area is 100 Å². The first kappa shape index (κ1) is 10.7. The first-order valence-electron chi connectivity index (χ1n) is 6.03. The molecule has 1 aromatic heterocycles. The maximum Gasteiger partial charge on any atom is 0.113 e. The zero-order chi connectivity index (χ0) is 11.2. The Morgan fingerprint density at radius 3 is 3.06 bits per heavy atom.